The number of hydrogen-bond acceptors (Lipinski definition) is 4. The number of carbonyl (C=O) groups is 2. The molecule has 0 saturated carbocycles. The third-order valence-electron chi connectivity index (χ3n) is 3.29. The van der Waals surface area contributed by atoms with Gasteiger partial charge < -0.3 is 10.2 Å². The Morgan fingerprint density at radius 3 is 2.52 bits per heavy atom. The SMILES string of the molecule is CC(C)NC(=O)CN1CCN(C(=O)c2csc(Br)c2)CC1. The molecule has 21 heavy (non-hydrogen) atoms. The summed E-state index contributed by atoms with van der Waals surface area (Å²) in [4.78, 5) is 28.0. The van der Waals surface area contributed by atoms with Crippen molar-refractivity contribution in [1.29, 1.82) is 0 Å². The van der Waals surface area contributed by atoms with Gasteiger partial charge in [0.1, 0.15) is 0 Å². The van der Waals surface area contributed by atoms with Crippen molar-refractivity contribution in [1.82, 2.24) is 15.1 Å². The number of thiophene rings is 1. The van der Waals surface area contributed by atoms with Gasteiger partial charge in [0.2, 0.25) is 5.91 Å². The van der Waals surface area contributed by atoms with Crippen molar-refractivity contribution >= 4 is 39.1 Å². The zero-order chi connectivity index (χ0) is 15.4. The monoisotopic (exact) mass is 373 g/mol. The Labute approximate surface area is 137 Å². The molecular weight excluding hydrogens is 354 g/mol. The molecule has 1 fully saturated rings. The van der Waals surface area contributed by atoms with Crippen LogP contribution < -0.4 is 5.32 Å². The van der Waals surface area contributed by atoms with Gasteiger partial charge in [-0.3, -0.25) is 14.5 Å². The van der Waals surface area contributed by atoms with E-state index in [0.717, 1.165) is 22.4 Å². The van der Waals surface area contributed by atoms with Crippen molar-refractivity contribution in [2.24, 2.45) is 0 Å². The van der Waals surface area contributed by atoms with Crippen LogP contribution in [0.25, 0.3) is 0 Å². The minimum Gasteiger partial charge on any atom is -0.353 e. The van der Waals surface area contributed by atoms with Crippen molar-refractivity contribution in [3.8, 4) is 0 Å². The predicted octanol–water partition coefficient (Wildman–Crippen LogP) is 1.79. The molecule has 0 aliphatic carbocycles. The van der Waals surface area contributed by atoms with Crippen LogP contribution in [-0.4, -0.2) is 60.4 Å². The van der Waals surface area contributed by atoms with E-state index >= 15 is 0 Å². The van der Waals surface area contributed by atoms with Gasteiger partial charge in [-0.1, -0.05) is 0 Å². The Morgan fingerprint density at radius 2 is 2.00 bits per heavy atom. The molecule has 1 aliphatic heterocycles. The highest BCUT2D eigenvalue weighted by atomic mass is 79.9. The van der Waals surface area contributed by atoms with E-state index in [4.69, 9.17) is 0 Å². The number of nitrogens with zero attached hydrogens (tertiary/aromatic N) is 2. The second kappa shape index (κ2) is 7.38. The van der Waals surface area contributed by atoms with Crippen molar-refractivity contribution in [2.45, 2.75) is 19.9 Å². The van der Waals surface area contributed by atoms with Crippen LogP contribution in [0.5, 0.6) is 0 Å². The lowest BCUT2D eigenvalue weighted by atomic mass is 10.2. The van der Waals surface area contributed by atoms with E-state index in [9.17, 15) is 9.59 Å². The number of carbonyl (C=O) groups excluding carboxylic acids is 2. The van der Waals surface area contributed by atoms with Crippen molar-refractivity contribution in [2.75, 3.05) is 32.7 Å². The number of hydrogen-bond donors (Lipinski definition) is 1. The number of rotatable bonds is 4. The average Bonchev–Trinajstić information content (AvgIpc) is 2.84. The molecule has 0 spiro atoms. The lowest BCUT2D eigenvalue weighted by Gasteiger charge is -2.34. The maximum Gasteiger partial charge on any atom is 0.254 e. The summed E-state index contributed by atoms with van der Waals surface area (Å²) in [5.41, 5.74) is 0.734. The first-order valence-electron chi connectivity index (χ1n) is 7.00. The number of amides is 2. The fourth-order valence-electron chi connectivity index (χ4n) is 2.28. The first kappa shape index (κ1) is 16.5. The van der Waals surface area contributed by atoms with Gasteiger partial charge in [-0.25, -0.2) is 0 Å². The normalized spacial score (nSPS) is 16.3. The molecule has 1 N–H and O–H groups in total. The molecule has 5 nitrogen and oxygen atoms in total. The van der Waals surface area contributed by atoms with Gasteiger partial charge in [0.05, 0.1) is 15.9 Å². The van der Waals surface area contributed by atoms with Crippen LogP contribution in [0.2, 0.25) is 0 Å². The summed E-state index contributed by atoms with van der Waals surface area (Å²) >= 11 is 4.89. The van der Waals surface area contributed by atoms with Gasteiger partial charge >= 0.3 is 0 Å². The molecule has 1 aromatic rings. The zero-order valence-corrected chi connectivity index (χ0v) is 14.7. The standard InChI is InChI=1S/C14H20BrN3O2S/c1-10(2)16-13(19)8-17-3-5-18(6-4-17)14(20)11-7-12(15)21-9-11/h7,9-10H,3-6,8H2,1-2H3,(H,16,19). The molecule has 0 bridgehead atoms. The number of halogens is 1. The van der Waals surface area contributed by atoms with Gasteiger partial charge in [-0.2, -0.15) is 0 Å². The van der Waals surface area contributed by atoms with Crippen LogP contribution in [0.15, 0.2) is 15.2 Å². The third-order valence-corrected chi connectivity index (χ3v) is 4.80. The van der Waals surface area contributed by atoms with Gasteiger partial charge in [0.25, 0.3) is 5.91 Å². The maximum absolute atomic E-state index is 12.3. The molecule has 2 rings (SSSR count). The van der Waals surface area contributed by atoms with E-state index in [1.54, 1.807) is 0 Å². The minimum atomic E-state index is 0.0477. The molecule has 0 radical (unpaired) electrons. The van der Waals surface area contributed by atoms with Crippen LogP contribution in [0, 0.1) is 0 Å². The molecule has 2 amide bonds. The topological polar surface area (TPSA) is 52.7 Å². The highest BCUT2D eigenvalue weighted by molar-refractivity contribution is 9.11. The third kappa shape index (κ3) is 4.79. The molecule has 7 heteroatoms. The van der Waals surface area contributed by atoms with E-state index in [2.05, 4.69) is 26.1 Å². The highest BCUT2D eigenvalue weighted by Gasteiger charge is 2.23. The van der Waals surface area contributed by atoms with Crippen LogP contribution in [0.3, 0.4) is 0 Å². The molecule has 1 aliphatic rings. The van der Waals surface area contributed by atoms with E-state index in [1.807, 2.05) is 30.2 Å². The summed E-state index contributed by atoms with van der Waals surface area (Å²) in [5, 5.41) is 4.76. The van der Waals surface area contributed by atoms with E-state index in [-0.39, 0.29) is 17.9 Å². The first-order chi connectivity index (χ1) is 9.95. The Bertz CT molecular complexity index is 510. The number of piperazine rings is 1. The van der Waals surface area contributed by atoms with Crippen LogP contribution in [-0.2, 0) is 4.79 Å². The maximum atomic E-state index is 12.3. The van der Waals surface area contributed by atoms with Crippen molar-refractivity contribution in [3.63, 3.8) is 0 Å². The molecular formula is C14H20BrN3O2S. The summed E-state index contributed by atoms with van der Waals surface area (Å²) in [5.74, 6) is 0.120. The number of nitrogens with one attached hydrogen (secondary N) is 1. The molecule has 0 unspecified atom stereocenters. The Kier molecular flexibility index (Phi) is 5.78. The molecule has 116 valence electrons. The van der Waals surface area contributed by atoms with E-state index < -0.39 is 0 Å². The quantitative estimate of drug-likeness (QED) is 0.875. The fraction of sp³-hybridized carbons (Fsp3) is 0.571. The summed E-state index contributed by atoms with van der Waals surface area (Å²) in [6, 6.07) is 2.02. The summed E-state index contributed by atoms with van der Waals surface area (Å²) in [6.07, 6.45) is 0. The second-order valence-electron chi connectivity index (χ2n) is 5.43. The van der Waals surface area contributed by atoms with Crippen LogP contribution in [0.4, 0.5) is 0 Å². The van der Waals surface area contributed by atoms with Crippen LogP contribution in [0.1, 0.15) is 24.2 Å². The lowest BCUT2D eigenvalue weighted by molar-refractivity contribution is -0.123. The van der Waals surface area contributed by atoms with E-state index in [0.29, 0.717) is 19.6 Å². The fourth-order valence-corrected chi connectivity index (χ4v) is 3.41. The lowest BCUT2D eigenvalue weighted by Crippen LogP contribution is -2.51. The van der Waals surface area contributed by atoms with Gasteiger partial charge in [0, 0.05) is 37.6 Å². The summed E-state index contributed by atoms with van der Waals surface area (Å²) in [7, 11) is 0. The molecule has 2 heterocycles. The summed E-state index contributed by atoms with van der Waals surface area (Å²) < 4.78 is 0.967. The van der Waals surface area contributed by atoms with Crippen molar-refractivity contribution < 1.29 is 9.59 Å². The van der Waals surface area contributed by atoms with Crippen molar-refractivity contribution in [3.05, 3.63) is 20.8 Å². The minimum absolute atomic E-state index is 0.0477. The highest BCUT2D eigenvalue weighted by Crippen LogP contribution is 2.22. The zero-order valence-electron chi connectivity index (χ0n) is 12.3. The molecule has 1 saturated heterocycles. The Morgan fingerprint density at radius 1 is 1.33 bits per heavy atom. The summed E-state index contributed by atoms with van der Waals surface area (Å²) in [6.45, 7) is 7.12. The molecule has 0 aromatic carbocycles. The Balaban J connectivity index is 1.80. The second-order valence-corrected chi connectivity index (χ2v) is 7.72. The molecule has 1 aromatic heterocycles. The smallest absolute Gasteiger partial charge is 0.254 e. The van der Waals surface area contributed by atoms with Gasteiger partial charge in [0.15, 0.2) is 0 Å². The first-order valence-corrected chi connectivity index (χ1v) is 8.68. The van der Waals surface area contributed by atoms with Crippen LogP contribution >= 0.6 is 27.3 Å². The average molecular weight is 374 g/mol. The molecule has 0 atom stereocenters. The predicted molar refractivity (Wildman–Crippen MR) is 87.6 cm³/mol. The largest absolute Gasteiger partial charge is 0.353 e. The Hall–Kier alpha value is -0.920. The van der Waals surface area contributed by atoms with Gasteiger partial charge in [-0.15, -0.1) is 11.3 Å². The van der Waals surface area contributed by atoms with Gasteiger partial charge in [-0.05, 0) is 35.8 Å². The van der Waals surface area contributed by atoms with E-state index in [1.165, 1.54) is 11.3 Å².